The number of aryl methyl sites for hydroxylation is 1. The minimum absolute atomic E-state index is 0.0347. The molecule has 1 unspecified atom stereocenters. The molecule has 5 heteroatoms. The van der Waals surface area contributed by atoms with Crippen molar-refractivity contribution in [1.29, 1.82) is 0 Å². The number of benzene rings is 1. The smallest absolute Gasteiger partial charge is 0.253 e. The lowest BCUT2D eigenvalue weighted by Gasteiger charge is -2.21. The third kappa shape index (κ3) is 3.84. The standard InChI is InChI=1S/C17H23FN2O2/c1-3-19-16(21)13-5-4-9-20(10-8-13)17(22)14-7-6-12(2)15(18)11-14/h6-7,11,13H,3-5,8-10H2,1-2H3,(H,19,21). The highest BCUT2D eigenvalue weighted by molar-refractivity contribution is 5.94. The van der Waals surface area contributed by atoms with Crippen molar-refractivity contribution < 1.29 is 14.0 Å². The summed E-state index contributed by atoms with van der Waals surface area (Å²) in [6.07, 6.45) is 2.24. The van der Waals surface area contributed by atoms with Gasteiger partial charge in [0.1, 0.15) is 5.82 Å². The predicted molar refractivity (Wildman–Crippen MR) is 83.1 cm³/mol. The largest absolute Gasteiger partial charge is 0.356 e. The number of rotatable bonds is 3. The molecule has 4 nitrogen and oxygen atoms in total. The second kappa shape index (κ2) is 7.38. The molecular weight excluding hydrogens is 283 g/mol. The minimum Gasteiger partial charge on any atom is -0.356 e. The Morgan fingerprint density at radius 3 is 2.77 bits per heavy atom. The fourth-order valence-electron chi connectivity index (χ4n) is 2.79. The Morgan fingerprint density at radius 2 is 2.09 bits per heavy atom. The van der Waals surface area contributed by atoms with Crippen LogP contribution in [0, 0.1) is 18.7 Å². The topological polar surface area (TPSA) is 49.4 Å². The number of carbonyl (C=O) groups excluding carboxylic acids is 2. The normalized spacial score (nSPS) is 18.7. The van der Waals surface area contributed by atoms with E-state index in [1.807, 2.05) is 6.92 Å². The molecule has 0 bridgehead atoms. The molecule has 0 radical (unpaired) electrons. The van der Waals surface area contributed by atoms with Crippen LogP contribution in [0.5, 0.6) is 0 Å². The van der Waals surface area contributed by atoms with E-state index in [9.17, 15) is 14.0 Å². The van der Waals surface area contributed by atoms with Crippen molar-refractivity contribution in [3.05, 3.63) is 35.1 Å². The summed E-state index contributed by atoms with van der Waals surface area (Å²) in [5, 5.41) is 2.84. The monoisotopic (exact) mass is 306 g/mol. The van der Waals surface area contributed by atoms with Crippen molar-refractivity contribution in [2.75, 3.05) is 19.6 Å². The number of hydrogen-bond donors (Lipinski definition) is 1. The molecule has 1 atom stereocenters. The van der Waals surface area contributed by atoms with Crippen LogP contribution in [0.1, 0.15) is 42.1 Å². The van der Waals surface area contributed by atoms with Crippen molar-refractivity contribution >= 4 is 11.8 Å². The first-order valence-electron chi connectivity index (χ1n) is 7.86. The van der Waals surface area contributed by atoms with Gasteiger partial charge in [-0.2, -0.15) is 0 Å². The molecule has 2 amide bonds. The lowest BCUT2D eigenvalue weighted by atomic mass is 10.00. The van der Waals surface area contributed by atoms with Crippen LogP contribution in [-0.2, 0) is 4.79 Å². The lowest BCUT2D eigenvalue weighted by molar-refractivity contribution is -0.125. The van der Waals surface area contributed by atoms with Crippen LogP contribution < -0.4 is 5.32 Å². The first-order valence-corrected chi connectivity index (χ1v) is 7.86. The molecule has 120 valence electrons. The van der Waals surface area contributed by atoms with E-state index in [-0.39, 0.29) is 23.5 Å². The van der Waals surface area contributed by atoms with Gasteiger partial charge in [-0.15, -0.1) is 0 Å². The molecule has 0 saturated carbocycles. The van der Waals surface area contributed by atoms with Gasteiger partial charge in [-0.25, -0.2) is 4.39 Å². The van der Waals surface area contributed by atoms with Gasteiger partial charge < -0.3 is 10.2 Å². The van der Waals surface area contributed by atoms with E-state index in [1.54, 1.807) is 24.0 Å². The van der Waals surface area contributed by atoms with Gasteiger partial charge in [-0.3, -0.25) is 9.59 Å². The molecule has 0 aromatic heterocycles. The zero-order valence-electron chi connectivity index (χ0n) is 13.2. The Morgan fingerprint density at radius 1 is 1.32 bits per heavy atom. The van der Waals surface area contributed by atoms with Crippen LogP contribution in [0.4, 0.5) is 4.39 Å². The zero-order valence-corrected chi connectivity index (χ0v) is 13.2. The highest BCUT2D eigenvalue weighted by Gasteiger charge is 2.25. The Balaban J connectivity index is 2.02. The Hall–Kier alpha value is -1.91. The second-order valence-corrected chi connectivity index (χ2v) is 5.78. The number of nitrogens with zero attached hydrogens (tertiary/aromatic N) is 1. The number of likely N-dealkylation sites (tertiary alicyclic amines) is 1. The summed E-state index contributed by atoms with van der Waals surface area (Å²) in [7, 11) is 0. The molecule has 1 heterocycles. The molecule has 1 aromatic carbocycles. The van der Waals surface area contributed by atoms with Gasteiger partial charge in [-0.05, 0) is 50.8 Å². The number of hydrogen-bond acceptors (Lipinski definition) is 2. The highest BCUT2D eigenvalue weighted by atomic mass is 19.1. The van der Waals surface area contributed by atoms with Gasteiger partial charge in [0, 0.05) is 31.1 Å². The molecule has 1 aliphatic rings. The van der Waals surface area contributed by atoms with Crippen molar-refractivity contribution in [2.24, 2.45) is 5.92 Å². The van der Waals surface area contributed by atoms with Crippen molar-refractivity contribution in [3.8, 4) is 0 Å². The molecule has 0 aliphatic carbocycles. The number of nitrogens with one attached hydrogen (secondary N) is 1. The van der Waals surface area contributed by atoms with Crippen molar-refractivity contribution in [1.82, 2.24) is 10.2 Å². The fourth-order valence-corrected chi connectivity index (χ4v) is 2.79. The molecule has 1 fully saturated rings. The summed E-state index contributed by atoms with van der Waals surface area (Å²) in [6.45, 7) is 5.35. The quantitative estimate of drug-likeness (QED) is 0.933. The third-order valence-electron chi connectivity index (χ3n) is 4.16. The van der Waals surface area contributed by atoms with Gasteiger partial charge in [0.15, 0.2) is 0 Å². The molecular formula is C17H23FN2O2. The predicted octanol–water partition coefficient (Wildman–Crippen LogP) is 2.51. The SMILES string of the molecule is CCNC(=O)C1CCCN(C(=O)c2ccc(C)c(F)c2)CC1. The Bertz CT molecular complexity index is 560. The lowest BCUT2D eigenvalue weighted by Crippen LogP contribution is -2.34. The van der Waals surface area contributed by atoms with Gasteiger partial charge in [-0.1, -0.05) is 6.07 Å². The maximum atomic E-state index is 13.6. The van der Waals surface area contributed by atoms with Crippen LogP contribution in [-0.4, -0.2) is 36.3 Å². The average Bonchev–Trinajstić information content (AvgIpc) is 2.75. The summed E-state index contributed by atoms with van der Waals surface area (Å²) in [5.74, 6) is -0.484. The van der Waals surface area contributed by atoms with Gasteiger partial charge in [0.05, 0.1) is 0 Å². The van der Waals surface area contributed by atoms with Gasteiger partial charge >= 0.3 is 0 Å². The first kappa shape index (κ1) is 16.5. The van der Waals surface area contributed by atoms with Crippen LogP contribution in [0.25, 0.3) is 0 Å². The van der Waals surface area contributed by atoms with E-state index in [2.05, 4.69) is 5.32 Å². The number of amides is 2. The van der Waals surface area contributed by atoms with Crippen molar-refractivity contribution in [3.63, 3.8) is 0 Å². The maximum absolute atomic E-state index is 13.6. The van der Waals surface area contributed by atoms with E-state index in [4.69, 9.17) is 0 Å². The molecule has 22 heavy (non-hydrogen) atoms. The summed E-state index contributed by atoms with van der Waals surface area (Å²) < 4.78 is 13.6. The fraction of sp³-hybridized carbons (Fsp3) is 0.529. The van der Waals surface area contributed by atoms with E-state index in [1.165, 1.54) is 6.07 Å². The molecule has 1 N–H and O–H groups in total. The van der Waals surface area contributed by atoms with Crippen LogP contribution in [0.2, 0.25) is 0 Å². The molecule has 1 aliphatic heterocycles. The third-order valence-corrected chi connectivity index (χ3v) is 4.16. The van der Waals surface area contributed by atoms with E-state index < -0.39 is 0 Å². The zero-order chi connectivity index (χ0) is 16.1. The second-order valence-electron chi connectivity index (χ2n) is 5.78. The summed E-state index contributed by atoms with van der Waals surface area (Å²) in [6, 6.07) is 4.58. The maximum Gasteiger partial charge on any atom is 0.253 e. The Labute approximate surface area is 130 Å². The van der Waals surface area contributed by atoms with Crippen LogP contribution in [0.15, 0.2) is 18.2 Å². The van der Waals surface area contributed by atoms with Gasteiger partial charge in [0.25, 0.3) is 5.91 Å². The number of halogens is 1. The summed E-state index contributed by atoms with van der Waals surface area (Å²) >= 11 is 0. The average molecular weight is 306 g/mol. The van der Waals surface area contributed by atoms with E-state index >= 15 is 0 Å². The van der Waals surface area contributed by atoms with Crippen LogP contribution in [0.3, 0.4) is 0 Å². The Kier molecular flexibility index (Phi) is 5.52. The number of carbonyl (C=O) groups is 2. The van der Waals surface area contributed by atoms with E-state index in [0.717, 1.165) is 12.8 Å². The molecule has 1 saturated heterocycles. The molecule has 1 aromatic rings. The minimum atomic E-state index is -0.360. The summed E-state index contributed by atoms with van der Waals surface area (Å²) in [5.41, 5.74) is 0.906. The highest BCUT2D eigenvalue weighted by Crippen LogP contribution is 2.20. The molecule has 0 spiro atoms. The van der Waals surface area contributed by atoms with Crippen LogP contribution >= 0.6 is 0 Å². The van der Waals surface area contributed by atoms with E-state index in [0.29, 0.717) is 37.2 Å². The van der Waals surface area contributed by atoms with Gasteiger partial charge in [0.2, 0.25) is 5.91 Å². The first-order chi connectivity index (χ1) is 10.5. The molecule has 2 rings (SSSR count). The van der Waals surface area contributed by atoms with Crippen molar-refractivity contribution in [2.45, 2.75) is 33.1 Å². The summed E-state index contributed by atoms with van der Waals surface area (Å²) in [4.78, 5) is 26.1.